The molecule has 2 fully saturated rings. The van der Waals surface area contributed by atoms with Gasteiger partial charge in [-0.1, -0.05) is 13.8 Å². The second-order valence-electron chi connectivity index (χ2n) is 6.97. The van der Waals surface area contributed by atoms with Crippen molar-refractivity contribution in [3.05, 3.63) is 0 Å². The van der Waals surface area contributed by atoms with Crippen LogP contribution in [-0.4, -0.2) is 68.3 Å². The Bertz CT molecular complexity index is 338. The number of likely N-dealkylation sites (tertiary alicyclic amines) is 1. The maximum atomic E-state index is 11.9. The minimum absolute atomic E-state index is 0.137. The summed E-state index contributed by atoms with van der Waals surface area (Å²) in [4.78, 5) is 15.5. The van der Waals surface area contributed by atoms with Crippen LogP contribution in [0.1, 0.15) is 33.1 Å². The lowest BCUT2D eigenvalue weighted by Crippen LogP contribution is -2.49. The van der Waals surface area contributed by atoms with Crippen LogP contribution in [0.2, 0.25) is 0 Å². The van der Waals surface area contributed by atoms with Crippen LogP contribution in [0.15, 0.2) is 0 Å². The molecule has 122 valence electrons. The van der Waals surface area contributed by atoms with Crippen molar-refractivity contribution in [1.29, 1.82) is 0 Å². The molecular weight excluding hydrogens is 266 g/mol. The van der Waals surface area contributed by atoms with E-state index in [2.05, 4.69) is 19.2 Å². The third kappa shape index (κ3) is 4.33. The first-order chi connectivity index (χ1) is 9.99. The normalized spacial score (nSPS) is 27.4. The number of rotatable bonds is 4. The summed E-state index contributed by atoms with van der Waals surface area (Å²) in [5, 5.41) is 3.71. The van der Waals surface area contributed by atoms with E-state index in [4.69, 9.17) is 4.74 Å². The van der Waals surface area contributed by atoms with E-state index in [1.54, 1.807) is 4.90 Å². The van der Waals surface area contributed by atoms with Crippen molar-refractivity contribution in [3.63, 3.8) is 0 Å². The molecule has 0 aromatic rings. The summed E-state index contributed by atoms with van der Waals surface area (Å²) in [6.45, 7) is 8.18. The number of piperidine rings is 1. The molecule has 2 rings (SSSR count). The molecule has 5 heteroatoms. The van der Waals surface area contributed by atoms with Gasteiger partial charge in [0.15, 0.2) is 0 Å². The minimum Gasteiger partial charge on any atom is -0.378 e. The minimum atomic E-state index is 0.137. The Morgan fingerprint density at radius 1 is 1.29 bits per heavy atom. The van der Waals surface area contributed by atoms with E-state index >= 15 is 0 Å². The number of carbonyl (C=O) groups excluding carboxylic acids is 1. The molecule has 2 atom stereocenters. The van der Waals surface area contributed by atoms with Crippen molar-refractivity contribution in [2.75, 3.05) is 40.3 Å². The molecule has 0 aromatic heterocycles. The van der Waals surface area contributed by atoms with Gasteiger partial charge >= 0.3 is 6.03 Å². The molecule has 0 radical (unpaired) electrons. The van der Waals surface area contributed by atoms with Gasteiger partial charge in [0.1, 0.15) is 0 Å². The summed E-state index contributed by atoms with van der Waals surface area (Å²) in [6.07, 6.45) is 3.69. The van der Waals surface area contributed by atoms with Crippen LogP contribution in [0, 0.1) is 11.8 Å². The lowest BCUT2D eigenvalue weighted by molar-refractivity contribution is 0.0528. The van der Waals surface area contributed by atoms with E-state index in [0.717, 1.165) is 39.1 Å². The van der Waals surface area contributed by atoms with Crippen LogP contribution < -0.4 is 5.32 Å². The zero-order valence-electron chi connectivity index (χ0n) is 14.0. The molecule has 5 nitrogen and oxygen atoms in total. The first kappa shape index (κ1) is 16.6. The number of amides is 2. The van der Waals surface area contributed by atoms with Crippen molar-refractivity contribution in [1.82, 2.24) is 15.1 Å². The van der Waals surface area contributed by atoms with E-state index < -0.39 is 0 Å². The Balaban J connectivity index is 1.70. The molecule has 0 saturated carbocycles. The molecule has 0 aromatic carbocycles. The van der Waals surface area contributed by atoms with Crippen LogP contribution in [0.3, 0.4) is 0 Å². The largest absolute Gasteiger partial charge is 0.378 e. The zero-order chi connectivity index (χ0) is 15.4. The summed E-state index contributed by atoms with van der Waals surface area (Å²) in [5.41, 5.74) is 0. The highest BCUT2D eigenvalue weighted by Crippen LogP contribution is 2.26. The molecule has 1 N–H and O–H groups in total. The van der Waals surface area contributed by atoms with E-state index in [1.165, 1.54) is 6.42 Å². The van der Waals surface area contributed by atoms with Gasteiger partial charge in [-0.2, -0.15) is 0 Å². The first-order valence-electron chi connectivity index (χ1n) is 8.30. The van der Waals surface area contributed by atoms with E-state index in [1.807, 2.05) is 19.0 Å². The van der Waals surface area contributed by atoms with Gasteiger partial charge in [0, 0.05) is 46.4 Å². The lowest BCUT2D eigenvalue weighted by Gasteiger charge is -2.34. The third-order valence-corrected chi connectivity index (χ3v) is 4.74. The van der Waals surface area contributed by atoms with Gasteiger partial charge < -0.3 is 19.9 Å². The Kier molecular flexibility index (Phi) is 5.88. The molecular formula is C16H31N3O2. The SMILES string of the molecule is CC(C)[C@H]1OCC[C@@H]1CNC1CCN(C(=O)N(C)C)CC1. The molecule has 0 bridgehead atoms. The van der Waals surface area contributed by atoms with Crippen LogP contribution in [0.5, 0.6) is 0 Å². The highest BCUT2D eigenvalue weighted by Gasteiger charge is 2.31. The number of nitrogens with one attached hydrogen (secondary N) is 1. The molecule has 2 saturated heterocycles. The summed E-state index contributed by atoms with van der Waals surface area (Å²) >= 11 is 0. The third-order valence-electron chi connectivity index (χ3n) is 4.74. The smallest absolute Gasteiger partial charge is 0.319 e. The van der Waals surface area contributed by atoms with Gasteiger partial charge in [-0.05, 0) is 31.1 Å². The number of ether oxygens (including phenoxy) is 1. The average molecular weight is 297 g/mol. The Morgan fingerprint density at radius 3 is 2.52 bits per heavy atom. The van der Waals surface area contributed by atoms with Gasteiger partial charge in [0.25, 0.3) is 0 Å². The summed E-state index contributed by atoms with van der Waals surface area (Å²) in [7, 11) is 3.64. The van der Waals surface area contributed by atoms with Crippen molar-refractivity contribution in [3.8, 4) is 0 Å². The topological polar surface area (TPSA) is 44.8 Å². The van der Waals surface area contributed by atoms with Crippen LogP contribution in [0.4, 0.5) is 4.79 Å². The van der Waals surface area contributed by atoms with Crippen molar-refractivity contribution >= 4 is 6.03 Å². The average Bonchev–Trinajstić information content (AvgIpc) is 2.93. The number of urea groups is 1. The fraction of sp³-hybridized carbons (Fsp3) is 0.938. The second kappa shape index (κ2) is 7.45. The monoisotopic (exact) mass is 297 g/mol. The number of nitrogens with zero attached hydrogens (tertiary/aromatic N) is 2. The lowest BCUT2D eigenvalue weighted by atomic mass is 9.92. The van der Waals surface area contributed by atoms with E-state index in [0.29, 0.717) is 24.0 Å². The molecule has 0 unspecified atom stereocenters. The first-order valence-corrected chi connectivity index (χ1v) is 8.30. The van der Waals surface area contributed by atoms with Gasteiger partial charge in [-0.15, -0.1) is 0 Å². The molecule has 2 amide bonds. The summed E-state index contributed by atoms with van der Waals surface area (Å²) in [5.74, 6) is 1.24. The van der Waals surface area contributed by atoms with Crippen LogP contribution in [0.25, 0.3) is 0 Å². The Hall–Kier alpha value is -0.810. The van der Waals surface area contributed by atoms with E-state index in [9.17, 15) is 4.79 Å². The zero-order valence-corrected chi connectivity index (χ0v) is 14.0. The molecule has 2 heterocycles. The van der Waals surface area contributed by atoms with Crippen molar-refractivity contribution in [2.45, 2.75) is 45.3 Å². The fourth-order valence-electron chi connectivity index (χ4n) is 3.49. The molecule has 0 aliphatic carbocycles. The molecule has 2 aliphatic rings. The molecule has 2 aliphatic heterocycles. The van der Waals surface area contributed by atoms with Gasteiger partial charge in [0.05, 0.1) is 6.10 Å². The van der Waals surface area contributed by atoms with Gasteiger partial charge in [-0.3, -0.25) is 0 Å². The second-order valence-corrected chi connectivity index (χ2v) is 6.97. The number of hydrogen-bond donors (Lipinski definition) is 1. The highest BCUT2D eigenvalue weighted by atomic mass is 16.5. The Morgan fingerprint density at radius 2 is 1.95 bits per heavy atom. The van der Waals surface area contributed by atoms with Gasteiger partial charge in [0.2, 0.25) is 0 Å². The van der Waals surface area contributed by atoms with Crippen LogP contribution in [-0.2, 0) is 4.74 Å². The summed E-state index contributed by atoms with van der Waals surface area (Å²) < 4.78 is 5.84. The van der Waals surface area contributed by atoms with Crippen molar-refractivity contribution < 1.29 is 9.53 Å². The standard InChI is InChI=1S/C16H31N3O2/c1-12(2)15-13(7-10-21-15)11-17-14-5-8-19(9-6-14)16(20)18(3)4/h12-15,17H,5-11H2,1-4H3/t13-,15-/m1/s1. The number of hydrogen-bond acceptors (Lipinski definition) is 3. The predicted molar refractivity (Wildman–Crippen MR) is 84.4 cm³/mol. The predicted octanol–water partition coefficient (Wildman–Crippen LogP) is 1.78. The van der Waals surface area contributed by atoms with Crippen molar-refractivity contribution in [2.24, 2.45) is 11.8 Å². The summed E-state index contributed by atoms with van der Waals surface area (Å²) in [6, 6.07) is 0.683. The Labute approximate surface area is 129 Å². The molecule has 0 spiro atoms. The van der Waals surface area contributed by atoms with E-state index in [-0.39, 0.29) is 6.03 Å². The number of carbonyl (C=O) groups is 1. The fourth-order valence-corrected chi connectivity index (χ4v) is 3.49. The maximum Gasteiger partial charge on any atom is 0.319 e. The highest BCUT2D eigenvalue weighted by molar-refractivity contribution is 5.73. The van der Waals surface area contributed by atoms with Crippen LogP contribution >= 0.6 is 0 Å². The maximum absolute atomic E-state index is 11.9. The quantitative estimate of drug-likeness (QED) is 0.860. The molecule has 21 heavy (non-hydrogen) atoms. The van der Waals surface area contributed by atoms with Gasteiger partial charge in [-0.25, -0.2) is 4.79 Å².